The van der Waals surface area contributed by atoms with Gasteiger partial charge in [0.25, 0.3) is 0 Å². The summed E-state index contributed by atoms with van der Waals surface area (Å²) in [6, 6.07) is 35.4. The van der Waals surface area contributed by atoms with Gasteiger partial charge in [0.15, 0.2) is 0 Å². The van der Waals surface area contributed by atoms with E-state index in [0.717, 1.165) is 62.4 Å². The fourth-order valence-corrected chi connectivity index (χ4v) is 7.64. The smallest absolute Gasteiger partial charge is 0.0565 e. The molecule has 7 rings (SSSR count). The van der Waals surface area contributed by atoms with E-state index in [4.69, 9.17) is 11.6 Å². The summed E-state index contributed by atoms with van der Waals surface area (Å²) in [6.07, 6.45) is 8.28. The van der Waals surface area contributed by atoms with Crippen LogP contribution in [0.3, 0.4) is 0 Å². The molecule has 0 amide bonds. The number of aromatic amines is 1. The van der Waals surface area contributed by atoms with Crippen LogP contribution in [0.15, 0.2) is 109 Å². The van der Waals surface area contributed by atoms with Gasteiger partial charge < -0.3 is 20.4 Å². The molecule has 2 aliphatic rings. The quantitative estimate of drug-likeness (QED) is 0.166. The molecule has 2 fully saturated rings. The van der Waals surface area contributed by atoms with E-state index in [1.165, 1.54) is 39.2 Å². The Labute approximate surface area is 291 Å². The highest BCUT2D eigenvalue weighted by atomic mass is 35.5. The molecule has 7 heteroatoms. The Morgan fingerprint density at radius 3 is 1.44 bits per heavy atom. The first-order chi connectivity index (χ1) is 23.3. The number of rotatable bonds is 7. The normalized spacial score (nSPS) is 16.8. The number of H-pyrrole nitrogens is 1. The standard InChI is InChI=1S/C22H26N4.C19H23ClN2/c1-26(2)21-5-3-4-20(14-21)22(10-12-23-13-11-22)19-8-6-17(7-9-19)18-15-24-25-16-18;1-22(2)18-5-3-4-16(14-18)19(10-12-21-13-11-19)15-6-8-17(20)9-7-15/h3-9,14-16,23H,10-13H2,1-2H3,(H,24,25);3-9,14,21H,10-13H2,1-2H3. The summed E-state index contributed by atoms with van der Waals surface area (Å²) in [6.45, 7) is 4.20. The van der Waals surface area contributed by atoms with Crippen molar-refractivity contribution in [2.75, 3.05) is 64.2 Å². The zero-order chi connectivity index (χ0) is 33.6. The second kappa shape index (κ2) is 15.0. The Bertz CT molecular complexity index is 1730. The van der Waals surface area contributed by atoms with Gasteiger partial charge in [0, 0.05) is 67.2 Å². The van der Waals surface area contributed by atoms with Gasteiger partial charge >= 0.3 is 0 Å². The summed E-state index contributed by atoms with van der Waals surface area (Å²) in [4.78, 5) is 4.35. The summed E-state index contributed by atoms with van der Waals surface area (Å²) in [5.74, 6) is 0. The van der Waals surface area contributed by atoms with Crippen molar-refractivity contribution in [2.45, 2.75) is 36.5 Å². The summed E-state index contributed by atoms with van der Waals surface area (Å²) in [5, 5.41) is 14.8. The molecule has 0 aliphatic carbocycles. The van der Waals surface area contributed by atoms with E-state index in [0.29, 0.717) is 0 Å². The van der Waals surface area contributed by atoms with Crippen molar-refractivity contribution in [2.24, 2.45) is 0 Å². The number of halogens is 1. The van der Waals surface area contributed by atoms with Crippen LogP contribution < -0.4 is 20.4 Å². The Balaban J connectivity index is 0.000000170. The third kappa shape index (κ3) is 7.17. The van der Waals surface area contributed by atoms with Crippen LogP contribution in [-0.4, -0.2) is 64.6 Å². The SMILES string of the molecule is CN(C)c1cccc(C2(c3ccc(-c4cn[nH]c4)cc3)CCNCC2)c1.CN(C)c1cccc(C2(c3ccc(Cl)cc3)CCNCC2)c1. The third-order valence-electron chi connectivity index (χ3n) is 10.4. The number of nitrogens with zero attached hydrogens (tertiary/aromatic N) is 3. The first-order valence-electron chi connectivity index (χ1n) is 17.1. The number of anilines is 2. The lowest BCUT2D eigenvalue weighted by Crippen LogP contribution is -2.40. The molecule has 48 heavy (non-hydrogen) atoms. The molecule has 1 aromatic heterocycles. The van der Waals surface area contributed by atoms with Gasteiger partial charge in [-0.3, -0.25) is 5.10 Å². The van der Waals surface area contributed by atoms with E-state index < -0.39 is 0 Å². The highest BCUT2D eigenvalue weighted by Crippen LogP contribution is 2.43. The monoisotopic (exact) mass is 660 g/mol. The number of hydrogen-bond donors (Lipinski definition) is 3. The topological polar surface area (TPSA) is 59.2 Å². The van der Waals surface area contributed by atoms with E-state index in [9.17, 15) is 0 Å². The summed E-state index contributed by atoms with van der Waals surface area (Å²) in [5.41, 5.74) is 10.6. The highest BCUT2D eigenvalue weighted by Gasteiger charge is 2.37. The van der Waals surface area contributed by atoms with Gasteiger partial charge in [0.2, 0.25) is 0 Å². The van der Waals surface area contributed by atoms with Crippen molar-refractivity contribution >= 4 is 23.0 Å². The molecule has 0 atom stereocenters. The second-order valence-corrected chi connectivity index (χ2v) is 14.1. The van der Waals surface area contributed by atoms with E-state index in [2.05, 4.69) is 144 Å². The number of aromatic nitrogens is 2. The Hall–Kier alpha value is -4.10. The molecule has 0 radical (unpaired) electrons. The minimum atomic E-state index is 0.0756. The molecule has 2 aliphatic heterocycles. The van der Waals surface area contributed by atoms with Gasteiger partial charge in [-0.2, -0.15) is 5.10 Å². The Morgan fingerprint density at radius 2 is 1.02 bits per heavy atom. The van der Waals surface area contributed by atoms with E-state index in [1.807, 2.05) is 24.5 Å². The van der Waals surface area contributed by atoms with Crippen molar-refractivity contribution in [3.05, 3.63) is 137 Å². The van der Waals surface area contributed by atoms with Gasteiger partial charge in [0.05, 0.1) is 6.20 Å². The van der Waals surface area contributed by atoms with Crippen LogP contribution >= 0.6 is 11.6 Å². The predicted molar refractivity (Wildman–Crippen MR) is 203 cm³/mol. The number of piperidine rings is 2. The van der Waals surface area contributed by atoms with Crippen LogP contribution in [0.2, 0.25) is 5.02 Å². The van der Waals surface area contributed by atoms with Crippen molar-refractivity contribution in [3.63, 3.8) is 0 Å². The summed E-state index contributed by atoms with van der Waals surface area (Å²) in [7, 11) is 8.40. The molecule has 0 unspecified atom stereocenters. The van der Waals surface area contributed by atoms with Crippen LogP contribution in [-0.2, 0) is 10.8 Å². The molecule has 5 aromatic rings. The van der Waals surface area contributed by atoms with Gasteiger partial charge in [-0.05, 0) is 116 Å². The maximum atomic E-state index is 6.09. The number of benzene rings is 4. The van der Waals surface area contributed by atoms with Crippen molar-refractivity contribution in [3.8, 4) is 11.1 Å². The summed E-state index contributed by atoms with van der Waals surface area (Å²) >= 11 is 6.09. The zero-order valence-corrected chi connectivity index (χ0v) is 29.5. The molecular weight excluding hydrogens is 612 g/mol. The predicted octanol–water partition coefficient (Wildman–Crippen LogP) is 7.89. The van der Waals surface area contributed by atoms with Crippen molar-refractivity contribution < 1.29 is 0 Å². The Kier molecular flexibility index (Phi) is 10.5. The van der Waals surface area contributed by atoms with Crippen LogP contribution in [0, 0.1) is 0 Å². The molecule has 0 spiro atoms. The van der Waals surface area contributed by atoms with Crippen LogP contribution in [0.25, 0.3) is 11.1 Å². The van der Waals surface area contributed by atoms with E-state index in [-0.39, 0.29) is 10.8 Å². The summed E-state index contributed by atoms with van der Waals surface area (Å²) < 4.78 is 0. The zero-order valence-electron chi connectivity index (χ0n) is 28.8. The first-order valence-corrected chi connectivity index (χ1v) is 17.5. The van der Waals surface area contributed by atoms with Gasteiger partial charge in [-0.15, -0.1) is 0 Å². The average Bonchev–Trinajstić information content (AvgIpc) is 3.68. The average molecular weight is 661 g/mol. The molecular formula is C41H49ClN6. The van der Waals surface area contributed by atoms with E-state index in [1.54, 1.807) is 0 Å². The fraction of sp³-hybridized carbons (Fsp3) is 0.341. The number of nitrogens with one attached hydrogen (secondary N) is 3. The van der Waals surface area contributed by atoms with Crippen LogP contribution in [0.1, 0.15) is 47.9 Å². The minimum Gasteiger partial charge on any atom is -0.378 e. The highest BCUT2D eigenvalue weighted by molar-refractivity contribution is 6.30. The molecule has 6 nitrogen and oxygen atoms in total. The third-order valence-corrected chi connectivity index (χ3v) is 10.7. The fourth-order valence-electron chi connectivity index (χ4n) is 7.52. The second-order valence-electron chi connectivity index (χ2n) is 13.6. The lowest BCUT2D eigenvalue weighted by molar-refractivity contribution is 0.362. The van der Waals surface area contributed by atoms with Crippen LogP contribution in [0.4, 0.5) is 11.4 Å². The lowest BCUT2D eigenvalue weighted by atomic mass is 9.68. The molecule has 2 saturated heterocycles. The maximum Gasteiger partial charge on any atom is 0.0565 e. The first kappa shape index (κ1) is 33.8. The van der Waals surface area contributed by atoms with Gasteiger partial charge in [-0.1, -0.05) is 72.3 Å². The molecule has 3 heterocycles. The molecule has 250 valence electrons. The van der Waals surface area contributed by atoms with Gasteiger partial charge in [0.1, 0.15) is 0 Å². The number of hydrogen-bond acceptors (Lipinski definition) is 5. The molecule has 4 aromatic carbocycles. The van der Waals surface area contributed by atoms with Gasteiger partial charge in [-0.25, -0.2) is 0 Å². The van der Waals surface area contributed by atoms with Crippen molar-refractivity contribution in [1.82, 2.24) is 20.8 Å². The molecule has 0 bridgehead atoms. The van der Waals surface area contributed by atoms with E-state index >= 15 is 0 Å². The Morgan fingerprint density at radius 1 is 0.562 bits per heavy atom. The maximum absolute atomic E-state index is 6.09. The van der Waals surface area contributed by atoms with Crippen molar-refractivity contribution in [1.29, 1.82) is 0 Å². The van der Waals surface area contributed by atoms with Crippen LogP contribution in [0.5, 0.6) is 0 Å². The lowest BCUT2D eigenvalue weighted by Gasteiger charge is -2.39. The molecule has 3 N–H and O–H groups in total. The minimum absolute atomic E-state index is 0.0756. The molecule has 0 saturated carbocycles. The largest absolute Gasteiger partial charge is 0.378 e.